The zero-order valence-corrected chi connectivity index (χ0v) is 11.7. The topological polar surface area (TPSA) is 92.9 Å². The molecule has 7 heteroatoms. The highest BCUT2D eigenvalue weighted by Gasteiger charge is 2.09. The number of carbonyl (C=O) groups excluding carboxylic acids is 1. The Labute approximate surface area is 118 Å². The minimum absolute atomic E-state index is 0.187. The van der Waals surface area contributed by atoms with Crippen LogP contribution in [0.2, 0.25) is 0 Å². The van der Waals surface area contributed by atoms with E-state index >= 15 is 0 Å². The number of hydrogen-bond donors (Lipinski definition) is 3. The lowest BCUT2D eigenvalue weighted by Gasteiger charge is -2.07. The van der Waals surface area contributed by atoms with Crippen molar-refractivity contribution in [1.29, 1.82) is 0 Å². The van der Waals surface area contributed by atoms with Gasteiger partial charge in [0.1, 0.15) is 5.69 Å². The zero-order chi connectivity index (χ0) is 13.8. The highest BCUT2D eigenvalue weighted by molar-refractivity contribution is 9.10. The second-order valence-electron chi connectivity index (χ2n) is 3.85. The first-order valence-corrected chi connectivity index (χ1v) is 6.25. The molecule has 2 aromatic rings. The molecule has 1 aromatic carbocycles. The van der Waals surface area contributed by atoms with Crippen LogP contribution in [0.15, 0.2) is 35.1 Å². The number of halogens is 1. The average Bonchev–Trinajstić information content (AvgIpc) is 2.43. The zero-order valence-electron chi connectivity index (χ0n) is 10.1. The van der Waals surface area contributed by atoms with Crippen LogP contribution in [-0.2, 0) is 0 Å². The van der Waals surface area contributed by atoms with Crippen molar-refractivity contribution in [1.82, 2.24) is 9.97 Å². The first-order valence-electron chi connectivity index (χ1n) is 5.46. The summed E-state index contributed by atoms with van der Waals surface area (Å²) in [4.78, 5) is 19.9. The molecule has 1 amide bonds. The molecule has 0 saturated heterocycles. The molecule has 0 saturated carbocycles. The van der Waals surface area contributed by atoms with Crippen LogP contribution in [0.5, 0.6) is 0 Å². The van der Waals surface area contributed by atoms with E-state index in [-0.39, 0.29) is 11.6 Å². The molecule has 2 rings (SSSR count). The summed E-state index contributed by atoms with van der Waals surface area (Å²) in [6.45, 7) is 1.97. The molecule has 0 bridgehead atoms. The standard InChI is InChI=1S/C12H12BrN5O/c1-7-2-3-8(4-9(7)13)16-12(19)10-5-15-6-11(17-10)18-14/h2-6H,14H2,1H3,(H,16,19)(H,17,18). The van der Waals surface area contributed by atoms with Crippen LogP contribution in [0, 0.1) is 6.92 Å². The molecule has 0 aliphatic rings. The fourth-order valence-corrected chi connectivity index (χ4v) is 1.79. The molecule has 1 heterocycles. The molecule has 0 atom stereocenters. The fourth-order valence-electron chi connectivity index (χ4n) is 1.41. The number of hydrogen-bond acceptors (Lipinski definition) is 5. The van der Waals surface area contributed by atoms with Crippen molar-refractivity contribution in [2.45, 2.75) is 6.92 Å². The van der Waals surface area contributed by atoms with E-state index in [4.69, 9.17) is 5.84 Å². The van der Waals surface area contributed by atoms with Gasteiger partial charge in [-0.1, -0.05) is 22.0 Å². The molecule has 0 aliphatic carbocycles. The largest absolute Gasteiger partial charge is 0.321 e. The Morgan fingerprint density at radius 3 is 2.84 bits per heavy atom. The number of anilines is 2. The number of nitrogens with one attached hydrogen (secondary N) is 2. The Kier molecular flexibility index (Phi) is 4.08. The van der Waals surface area contributed by atoms with Crippen molar-refractivity contribution in [2.75, 3.05) is 10.7 Å². The van der Waals surface area contributed by atoms with Gasteiger partial charge >= 0.3 is 0 Å². The quantitative estimate of drug-likeness (QED) is 0.594. The SMILES string of the molecule is Cc1ccc(NC(=O)c2cncc(NN)n2)cc1Br. The highest BCUT2D eigenvalue weighted by atomic mass is 79.9. The van der Waals surface area contributed by atoms with Crippen LogP contribution in [0.3, 0.4) is 0 Å². The van der Waals surface area contributed by atoms with Crippen molar-refractivity contribution in [3.05, 3.63) is 46.3 Å². The van der Waals surface area contributed by atoms with E-state index in [0.717, 1.165) is 10.0 Å². The summed E-state index contributed by atoms with van der Waals surface area (Å²) in [5.74, 6) is 5.20. The van der Waals surface area contributed by atoms with Gasteiger partial charge in [0.25, 0.3) is 5.91 Å². The van der Waals surface area contributed by atoms with Gasteiger partial charge in [-0.15, -0.1) is 0 Å². The number of amides is 1. The summed E-state index contributed by atoms with van der Waals surface area (Å²) in [5, 5.41) is 2.74. The molecular weight excluding hydrogens is 310 g/mol. The Hall–Kier alpha value is -1.99. The summed E-state index contributed by atoms with van der Waals surface area (Å²) in [5.41, 5.74) is 4.29. The Bertz CT molecular complexity index is 617. The molecule has 98 valence electrons. The Balaban J connectivity index is 2.18. The number of nitrogen functional groups attached to an aromatic ring is 1. The normalized spacial score (nSPS) is 10.1. The van der Waals surface area contributed by atoms with Crippen molar-refractivity contribution in [3.8, 4) is 0 Å². The second-order valence-corrected chi connectivity index (χ2v) is 4.71. The number of rotatable bonds is 3. The molecule has 0 aliphatic heterocycles. The molecule has 0 radical (unpaired) electrons. The average molecular weight is 322 g/mol. The van der Waals surface area contributed by atoms with Crippen LogP contribution < -0.4 is 16.6 Å². The van der Waals surface area contributed by atoms with Crippen LogP contribution in [0.1, 0.15) is 16.1 Å². The fraction of sp³-hybridized carbons (Fsp3) is 0.0833. The summed E-state index contributed by atoms with van der Waals surface area (Å²) < 4.78 is 0.925. The van der Waals surface area contributed by atoms with Gasteiger partial charge in [-0.05, 0) is 24.6 Å². The first kappa shape index (κ1) is 13.4. The molecular formula is C12H12BrN5O. The van der Waals surface area contributed by atoms with Crippen molar-refractivity contribution >= 4 is 33.3 Å². The molecule has 0 unspecified atom stereocenters. The van der Waals surface area contributed by atoms with Crippen molar-refractivity contribution in [3.63, 3.8) is 0 Å². The van der Waals surface area contributed by atoms with Gasteiger partial charge in [0, 0.05) is 10.2 Å². The third-order valence-corrected chi connectivity index (χ3v) is 3.30. The van der Waals surface area contributed by atoms with Crippen LogP contribution in [0.25, 0.3) is 0 Å². The smallest absolute Gasteiger partial charge is 0.275 e. The minimum atomic E-state index is -0.347. The van der Waals surface area contributed by atoms with Gasteiger partial charge in [0.15, 0.2) is 5.82 Å². The van der Waals surface area contributed by atoms with Crippen molar-refractivity contribution in [2.24, 2.45) is 5.84 Å². The summed E-state index contributed by atoms with van der Waals surface area (Å²) in [6.07, 6.45) is 2.80. The number of carbonyl (C=O) groups is 1. The number of nitrogens with zero attached hydrogens (tertiary/aromatic N) is 2. The predicted octanol–water partition coefficient (Wildman–Crippen LogP) is 2.09. The third kappa shape index (κ3) is 3.27. The van der Waals surface area contributed by atoms with Gasteiger partial charge in [0.2, 0.25) is 0 Å². The number of hydrazine groups is 1. The molecule has 0 spiro atoms. The third-order valence-electron chi connectivity index (χ3n) is 2.44. The van der Waals surface area contributed by atoms with Crippen LogP contribution in [0.4, 0.5) is 11.5 Å². The monoisotopic (exact) mass is 321 g/mol. The maximum Gasteiger partial charge on any atom is 0.275 e. The van der Waals surface area contributed by atoms with E-state index in [1.807, 2.05) is 25.1 Å². The van der Waals surface area contributed by atoms with E-state index < -0.39 is 0 Å². The maximum atomic E-state index is 12.0. The van der Waals surface area contributed by atoms with E-state index in [1.165, 1.54) is 12.4 Å². The second kappa shape index (κ2) is 5.77. The first-order chi connectivity index (χ1) is 9.10. The van der Waals surface area contributed by atoms with E-state index in [0.29, 0.717) is 11.5 Å². The molecule has 19 heavy (non-hydrogen) atoms. The molecule has 0 fully saturated rings. The highest BCUT2D eigenvalue weighted by Crippen LogP contribution is 2.20. The Morgan fingerprint density at radius 2 is 2.16 bits per heavy atom. The molecule has 6 nitrogen and oxygen atoms in total. The summed E-state index contributed by atoms with van der Waals surface area (Å²) in [6, 6.07) is 5.55. The van der Waals surface area contributed by atoms with Gasteiger partial charge in [-0.2, -0.15) is 0 Å². The van der Waals surface area contributed by atoms with Gasteiger partial charge in [-0.25, -0.2) is 10.8 Å². The van der Waals surface area contributed by atoms with Crippen LogP contribution in [-0.4, -0.2) is 15.9 Å². The number of benzene rings is 1. The van der Waals surface area contributed by atoms with Crippen LogP contribution >= 0.6 is 15.9 Å². The summed E-state index contributed by atoms with van der Waals surface area (Å²) >= 11 is 3.41. The number of aryl methyl sites for hydroxylation is 1. The number of nitrogens with two attached hydrogens (primary N) is 1. The van der Waals surface area contributed by atoms with E-state index in [1.54, 1.807) is 0 Å². The maximum absolute atomic E-state index is 12.0. The van der Waals surface area contributed by atoms with E-state index in [9.17, 15) is 4.79 Å². The van der Waals surface area contributed by atoms with E-state index in [2.05, 4.69) is 36.6 Å². The predicted molar refractivity (Wildman–Crippen MR) is 76.7 cm³/mol. The lowest BCUT2D eigenvalue weighted by atomic mass is 10.2. The molecule has 1 aromatic heterocycles. The van der Waals surface area contributed by atoms with Gasteiger partial charge in [-0.3, -0.25) is 9.78 Å². The lowest BCUT2D eigenvalue weighted by molar-refractivity contribution is 0.102. The lowest BCUT2D eigenvalue weighted by Crippen LogP contribution is -2.16. The number of aromatic nitrogens is 2. The Morgan fingerprint density at radius 1 is 1.37 bits per heavy atom. The summed E-state index contributed by atoms with van der Waals surface area (Å²) in [7, 11) is 0. The van der Waals surface area contributed by atoms with Gasteiger partial charge in [0.05, 0.1) is 12.4 Å². The minimum Gasteiger partial charge on any atom is -0.321 e. The van der Waals surface area contributed by atoms with Crippen molar-refractivity contribution < 1.29 is 4.79 Å². The molecule has 4 N–H and O–H groups in total. The van der Waals surface area contributed by atoms with Gasteiger partial charge < -0.3 is 10.7 Å².